The zero-order valence-electron chi connectivity index (χ0n) is 23.0. The van der Waals surface area contributed by atoms with Crippen LogP contribution in [0.3, 0.4) is 0 Å². The van der Waals surface area contributed by atoms with Gasteiger partial charge in [0.05, 0.1) is 17.7 Å². The summed E-state index contributed by atoms with van der Waals surface area (Å²) in [4.78, 5) is 42.9. The quantitative estimate of drug-likeness (QED) is 0.613. The molecule has 0 aromatic heterocycles. The fraction of sp³-hybridized carbons (Fsp3) is 0.679. The van der Waals surface area contributed by atoms with E-state index in [-0.39, 0.29) is 48.4 Å². The third-order valence-electron chi connectivity index (χ3n) is 7.48. The molecule has 206 valence electrons. The molecule has 2 N–H and O–H groups in total. The lowest BCUT2D eigenvalue weighted by molar-refractivity contribution is -0.141. The van der Waals surface area contributed by atoms with Crippen molar-refractivity contribution in [2.75, 3.05) is 45.7 Å². The lowest BCUT2D eigenvalue weighted by atomic mass is 9.87. The molecule has 1 aromatic carbocycles. The van der Waals surface area contributed by atoms with E-state index in [1.165, 1.54) is 6.42 Å². The molecule has 4 amide bonds. The highest BCUT2D eigenvalue weighted by molar-refractivity contribution is 5.99. The minimum atomic E-state index is -0.324. The Balaban J connectivity index is 1.90. The van der Waals surface area contributed by atoms with Crippen LogP contribution in [0.25, 0.3) is 0 Å². The predicted molar refractivity (Wildman–Crippen MR) is 144 cm³/mol. The van der Waals surface area contributed by atoms with Crippen molar-refractivity contribution in [3.05, 3.63) is 23.8 Å². The highest BCUT2D eigenvalue weighted by Gasteiger charge is 2.33. The van der Waals surface area contributed by atoms with Crippen molar-refractivity contribution in [2.24, 2.45) is 11.8 Å². The van der Waals surface area contributed by atoms with Crippen LogP contribution in [0.5, 0.6) is 5.75 Å². The van der Waals surface area contributed by atoms with Crippen LogP contribution in [0.1, 0.15) is 69.7 Å². The summed E-state index contributed by atoms with van der Waals surface area (Å²) in [5, 5.41) is 5.56. The van der Waals surface area contributed by atoms with Gasteiger partial charge in [0.1, 0.15) is 12.4 Å². The fourth-order valence-electron chi connectivity index (χ4n) is 5.16. The molecule has 1 saturated carbocycles. The number of carbonyl (C=O) groups is 3. The summed E-state index contributed by atoms with van der Waals surface area (Å²) >= 11 is 0. The average molecular weight is 517 g/mol. The molecule has 2 aliphatic rings. The third-order valence-corrected chi connectivity index (χ3v) is 7.48. The van der Waals surface area contributed by atoms with Gasteiger partial charge in [0.25, 0.3) is 5.91 Å². The van der Waals surface area contributed by atoms with E-state index in [0.29, 0.717) is 36.6 Å². The summed E-state index contributed by atoms with van der Waals surface area (Å²) in [6, 6.07) is 4.58. The van der Waals surface area contributed by atoms with Gasteiger partial charge in [-0.1, -0.05) is 33.1 Å². The van der Waals surface area contributed by atoms with Crippen LogP contribution in [0, 0.1) is 11.8 Å². The normalized spacial score (nSPS) is 23.8. The van der Waals surface area contributed by atoms with Gasteiger partial charge in [0.2, 0.25) is 5.91 Å². The van der Waals surface area contributed by atoms with Gasteiger partial charge < -0.3 is 29.9 Å². The monoisotopic (exact) mass is 516 g/mol. The smallest absolute Gasteiger partial charge is 0.319 e. The van der Waals surface area contributed by atoms with E-state index in [9.17, 15) is 14.4 Å². The van der Waals surface area contributed by atoms with Crippen molar-refractivity contribution < 1.29 is 23.9 Å². The standard InChI is InChI=1S/C28H44N4O5/c1-6-14-29-28(35)30-22-12-13-24-23(15-22)27(34)31(4)17-25(36-5)19(2)16-32(20(3)18-37-24)26(33)21-10-8-7-9-11-21/h12-13,15,19-21,25H,6-11,14,16-18H2,1-5H3,(H2,29,30,35)/t19-,20+,25+/m1/s1. The minimum absolute atomic E-state index is 0.0180. The topological polar surface area (TPSA) is 100 Å². The van der Waals surface area contributed by atoms with Crippen LogP contribution >= 0.6 is 0 Å². The van der Waals surface area contributed by atoms with Crippen molar-refractivity contribution in [3.8, 4) is 5.75 Å². The molecule has 0 bridgehead atoms. The first kappa shape index (κ1) is 28.8. The Hall–Kier alpha value is -2.81. The molecule has 1 aliphatic carbocycles. The Morgan fingerprint density at radius 3 is 2.54 bits per heavy atom. The van der Waals surface area contributed by atoms with Gasteiger partial charge in [-0.2, -0.15) is 0 Å². The van der Waals surface area contributed by atoms with E-state index in [1.54, 1.807) is 37.3 Å². The number of benzene rings is 1. The molecule has 1 aromatic rings. The third kappa shape index (κ3) is 7.60. The number of hydrogen-bond acceptors (Lipinski definition) is 5. The van der Waals surface area contributed by atoms with Crippen LogP contribution < -0.4 is 15.4 Å². The second-order valence-corrected chi connectivity index (χ2v) is 10.5. The summed E-state index contributed by atoms with van der Waals surface area (Å²) in [7, 11) is 3.38. The van der Waals surface area contributed by atoms with E-state index < -0.39 is 0 Å². The maximum Gasteiger partial charge on any atom is 0.319 e. The molecule has 9 nitrogen and oxygen atoms in total. The molecule has 0 radical (unpaired) electrons. The first-order valence-electron chi connectivity index (χ1n) is 13.7. The van der Waals surface area contributed by atoms with Crippen LogP contribution in [-0.4, -0.2) is 80.2 Å². The van der Waals surface area contributed by atoms with Crippen molar-refractivity contribution in [2.45, 2.75) is 71.4 Å². The number of amides is 4. The van der Waals surface area contributed by atoms with Gasteiger partial charge in [0, 0.05) is 51.3 Å². The molecule has 37 heavy (non-hydrogen) atoms. The molecule has 3 rings (SSSR count). The zero-order valence-corrected chi connectivity index (χ0v) is 23.0. The number of fused-ring (bicyclic) bond motifs is 1. The largest absolute Gasteiger partial charge is 0.491 e. The Morgan fingerprint density at radius 1 is 1.14 bits per heavy atom. The highest BCUT2D eigenvalue weighted by atomic mass is 16.5. The van der Waals surface area contributed by atoms with E-state index in [1.807, 2.05) is 18.7 Å². The molecule has 1 heterocycles. The Bertz CT molecular complexity index is 933. The number of hydrogen-bond donors (Lipinski definition) is 2. The van der Waals surface area contributed by atoms with E-state index >= 15 is 0 Å². The molecule has 9 heteroatoms. The molecule has 1 fully saturated rings. The lowest BCUT2D eigenvalue weighted by Gasteiger charge is -2.38. The molecule has 0 unspecified atom stereocenters. The summed E-state index contributed by atoms with van der Waals surface area (Å²) in [5.74, 6) is 0.476. The van der Waals surface area contributed by atoms with Crippen molar-refractivity contribution >= 4 is 23.5 Å². The van der Waals surface area contributed by atoms with Crippen molar-refractivity contribution in [1.82, 2.24) is 15.1 Å². The SMILES string of the molecule is CCCNC(=O)Nc1ccc2c(c1)C(=O)N(C)C[C@H](OC)[C@H](C)CN(C(=O)C1CCCCC1)[C@@H](C)CO2. The van der Waals surface area contributed by atoms with Gasteiger partial charge in [0.15, 0.2) is 0 Å². The first-order chi connectivity index (χ1) is 17.7. The summed E-state index contributed by atoms with van der Waals surface area (Å²) < 4.78 is 12.0. The number of nitrogens with zero attached hydrogens (tertiary/aromatic N) is 2. The van der Waals surface area contributed by atoms with Crippen molar-refractivity contribution in [3.63, 3.8) is 0 Å². The number of methoxy groups -OCH3 is 1. The number of nitrogens with one attached hydrogen (secondary N) is 2. The molecular weight excluding hydrogens is 472 g/mol. The van der Waals surface area contributed by atoms with Crippen LogP contribution in [0.2, 0.25) is 0 Å². The molecule has 0 spiro atoms. The summed E-state index contributed by atoms with van der Waals surface area (Å²) in [6.45, 7) is 7.78. The number of carbonyl (C=O) groups excluding carboxylic acids is 3. The highest BCUT2D eigenvalue weighted by Crippen LogP contribution is 2.29. The van der Waals surface area contributed by atoms with Crippen LogP contribution in [0.4, 0.5) is 10.5 Å². The number of ether oxygens (including phenoxy) is 2. The van der Waals surface area contributed by atoms with Gasteiger partial charge >= 0.3 is 6.03 Å². The van der Waals surface area contributed by atoms with Gasteiger partial charge in [-0.05, 0) is 44.4 Å². The van der Waals surface area contributed by atoms with Gasteiger partial charge in [-0.25, -0.2) is 4.79 Å². The lowest BCUT2D eigenvalue weighted by Crippen LogP contribution is -2.50. The molecule has 3 atom stereocenters. The van der Waals surface area contributed by atoms with Crippen molar-refractivity contribution in [1.29, 1.82) is 0 Å². The molecular formula is C28H44N4O5. The van der Waals surface area contributed by atoms with E-state index in [0.717, 1.165) is 32.1 Å². The molecule has 0 saturated heterocycles. The molecule has 1 aliphatic heterocycles. The number of likely N-dealkylation sites (N-methyl/N-ethyl adjacent to an activating group) is 1. The second-order valence-electron chi connectivity index (χ2n) is 10.5. The maximum absolute atomic E-state index is 13.6. The fourth-order valence-corrected chi connectivity index (χ4v) is 5.16. The van der Waals surface area contributed by atoms with E-state index in [4.69, 9.17) is 9.47 Å². The zero-order chi connectivity index (χ0) is 26.9. The van der Waals surface area contributed by atoms with Gasteiger partial charge in [-0.3, -0.25) is 9.59 Å². The Morgan fingerprint density at radius 2 is 1.86 bits per heavy atom. The summed E-state index contributed by atoms with van der Waals surface area (Å²) in [6.07, 6.45) is 5.84. The maximum atomic E-state index is 13.6. The summed E-state index contributed by atoms with van der Waals surface area (Å²) in [5.41, 5.74) is 0.861. The number of anilines is 1. The van der Waals surface area contributed by atoms with E-state index in [2.05, 4.69) is 17.6 Å². The number of rotatable bonds is 5. The van der Waals surface area contributed by atoms with Crippen LogP contribution in [0.15, 0.2) is 18.2 Å². The predicted octanol–water partition coefficient (Wildman–Crippen LogP) is 4.13. The Labute approximate surface area is 221 Å². The Kier molecular flexibility index (Phi) is 10.6. The second kappa shape index (κ2) is 13.7. The average Bonchev–Trinajstić information content (AvgIpc) is 2.91. The van der Waals surface area contributed by atoms with Gasteiger partial charge in [-0.15, -0.1) is 0 Å². The van der Waals surface area contributed by atoms with Crippen LogP contribution in [-0.2, 0) is 9.53 Å². The number of urea groups is 1. The minimum Gasteiger partial charge on any atom is -0.491 e. The first-order valence-corrected chi connectivity index (χ1v) is 13.7.